The van der Waals surface area contributed by atoms with E-state index in [1.165, 1.54) is 0 Å². The van der Waals surface area contributed by atoms with Crippen molar-refractivity contribution in [1.29, 1.82) is 0 Å². The second kappa shape index (κ2) is 7.99. The van der Waals surface area contributed by atoms with Crippen LogP contribution in [0.25, 0.3) is 21.9 Å². The molecule has 0 amide bonds. The number of hydrogen-bond acceptors (Lipinski definition) is 6. The summed E-state index contributed by atoms with van der Waals surface area (Å²) >= 11 is 0. The largest absolute Gasteiger partial charge is 1.00 e. The molecule has 0 spiro atoms. The minimum Gasteiger partial charge on any atom is -1.00 e. The molecule has 1 heterocycles. The van der Waals surface area contributed by atoms with E-state index in [0.717, 1.165) is 5.69 Å². The number of hydrogen-bond donors (Lipinski definition) is 4. The van der Waals surface area contributed by atoms with Crippen LogP contribution in [-0.2, 0) is 11.2 Å². The van der Waals surface area contributed by atoms with Crippen molar-refractivity contribution < 1.29 is 45.3 Å². The predicted octanol–water partition coefficient (Wildman–Crippen LogP) is -0.185. The number of benzene rings is 2. The minimum absolute atomic E-state index is 0. The van der Waals surface area contributed by atoms with Crippen LogP contribution >= 0.6 is 0 Å². The number of fused-ring (bicyclic) bond motifs is 2. The second-order valence-corrected chi connectivity index (χ2v) is 5.63. The molecular formula is C18H20N3NaO4. The maximum atomic E-state index is 13.0. The summed E-state index contributed by atoms with van der Waals surface area (Å²) in [6, 6.07) is 6.87. The van der Waals surface area contributed by atoms with Crippen LogP contribution in [0.5, 0.6) is 0 Å². The number of nitrogens with one attached hydrogen (secondary N) is 3. The quantitative estimate of drug-likeness (QED) is 0.367. The van der Waals surface area contributed by atoms with Gasteiger partial charge in [0.2, 0.25) is 5.43 Å². The van der Waals surface area contributed by atoms with Gasteiger partial charge in [-0.2, -0.15) is 0 Å². The van der Waals surface area contributed by atoms with Crippen molar-refractivity contribution in [1.82, 2.24) is 0 Å². The second-order valence-electron chi connectivity index (χ2n) is 5.63. The molecule has 2 aromatic carbocycles. The number of rotatable bonds is 5. The maximum absolute atomic E-state index is 13.0. The predicted molar refractivity (Wildman–Crippen MR) is 101 cm³/mol. The zero-order chi connectivity index (χ0) is 18.1. The Morgan fingerprint density at radius 2 is 1.81 bits per heavy atom. The summed E-state index contributed by atoms with van der Waals surface area (Å²) in [5.74, 6) is -0.991. The van der Waals surface area contributed by atoms with Crippen molar-refractivity contribution in [3.8, 4) is 0 Å². The molecule has 132 valence electrons. The summed E-state index contributed by atoms with van der Waals surface area (Å²) in [6.07, 6.45) is -0.235. The molecule has 4 N–H and O–H groups in total. The van der Waals surface area contributed by atoms with E-state index in [1.807, 2.05) is 0 Å². The van der Waals surface area contributed by atoms with Crippen molar-refractivity contribution in [3.63, 3.8) is 0 Å². The zero-order valence-corrected chi connectivity index (χ0v) is 17.2. The Morgan fingerprint density at radius 1 is 1.08 bits per heavy atom. The van der Waals surface area contributed by atoms with Gasteiger partial charge >= 0.3 is 35.5 Å². The molecule has 7 nitrogen and oxygen atoms in total. The van der Waals surface area contributed by atoms with Crippen molar-refractivity contribution in [2.75, 3.05) is 37.1 Å². The third-order valence-electron chi connectivity index (χ3n) is 4.17. The van der Waals surface area contributed by atoms with E-state index in [2.05, 4.69) is 16.0 Å². The molecule has 0 aliphatic carbocycles. The Morgan fingerprint density at radius 3 is 2.38 bits per heavy atom. The van der Waals surface area contributed by atoms with Crippen LogP contribution in [0.15, 0.2) is 33.5 Å². The fraction of sp³-hybridized carbons (Fsp3) is 0.222. The molecule has 0 bridgehead atoms. The van der Waals surface area contributed by atoms with Crippen LogP contribution in [0.3, 0.4) is 0 Å². The number of carboxylic acids is 1. The molecule has 0 fully saturated rings. The fourth-order valence-corrected chi connectivity index (χ4v) is 2.99. The Hall–Kier alpha value is -2.22. The zero-order valence-electron chi connectivity index (χ0n) is 16.2. The van der Waals surface area contributed by atoms with Crippen molar-refractivity contribution in [2.45, 2.75) is 6.42 Å². The first-order valence-corrected chi connectivity index (χ1v) is 7.81. The van der Waals surface area contributed by atoms with Crippen LogP contribution in [0.1, 0.15) is 6.99 Å². The summed E-state index contributed by atoms with van der Waals surface area (Å²) in [5.41, 5.74) is 3.04. The van der Waals surface area contributed by atoms with Crippen LogP contribution in [0, 0.1) is 0 Å². The van der Waals surface area contributed by atoms with Gasteiger partial charge in [0.05, 0.1) is 22.9 Å². The van der Waals surface area contributed by atoms with Gasteiger partial charge in [0.25, 0.3) is 0 Å². The van der Waals surface area contributed by atoms with E-state index in [9.17, 15) is 14.7 Å². The van der Waals surface area contributed by atoms with E-state index >= 15 is 0 Å². The Labute approximate surface area is 173 Å². The van der Waals surface area contributed by atoms with E-state index < -0.39 is 5.97 Å². The molecule has 0 aliphatic rings. The topological polar surface area (TPSA) is 104 Å². The first-order chi connectivity index (χ1) is 12.0. The number of carbonyl (C=O) groups is 1. The number of carboxylic acid groups (broad SMARTS) is 1. The molecule has 3 rings (SSSR count). The molecule has 3 aromatic rings. The molecule has 0 unspecified atom stereocenters. The monoisotopic (exact) mass is 365 g/mol. The average Bonchev–Trinajstić information content (AvgIpc) is 2.60. The van der Waals surface area contributed by atoms with Gasteiger partial charge in [-0.05, 0) is 24.3 Å². The first kappa shape index (κ1) is 20.1. The molecule has 26 heavy (non-hydrogen) atoms. The molecular weight excluding hydrogens is 345 g/mol. The summed E-state index contributed by atoms with van der Waals surface area (Å²) in [4.78, 5) is 24.2. The van der Waals surface area contributed by atoms with Gasteiger partial charge in [0, 0.05) is 32.4 Å². The molecule has 8 heteroatoms. The molecule has 0 saturated carbocycles. The van der Waals surface area contributed by atoms with E-state index in [4.69, 9.17) is 4.42 Å². The average molecular weight is 365 g/mol. The van der Waals surface area contributed by atoms with E-state index in [1.54, 1.807) is 45.4 Å². The van der Waals surface area contributed by atoms with Crippen molar-refractivity contribution in [2.24, 2.45) is 0 Å². The van der Waals surface area contributed by atoms with E-state index in [-0.39, 0.29) is 42.8 Å². The number of anilines is 3. The van der Waals surface area contributed by atoms with Gasteiger partial charge in [-0.15, -0.1) is 0 Å². The Kier molecular flexibility index (Phi) is 6.17. The third-order valence-corrected chi connectivity index (χ3v) is 4.17. The molecule has 0 atom stereocenters. The van der Waals surface area contributed by atoms with Crippen LogP contribution in [0.2, 0.25) is 0 Å². The summed E-state index contributed by atoms with van der Waals surface area (Å²) in [7, 11) is 5.23. The Balaban J connectivity index is 0.00000182. The molecule has 0 radical (unpaired) electrons. The van der Waals surface area contributed by atoms with Crippen molar-refractivity contribution >= 4 is 45.0 Å². The molecule has 1 aromatic heterocycles. The van der Waals surface area contributed by atoms with Crippen LogP contribution < -0.4 is 50.9 Å². The molecule has 0 aliphatic heterocycles. The maximum Gasteiger partial charge on any atom is 1.00 e. The third kappa shape index (κ3) is 3.38. The van der Waals surface area contributed by atoms with Gasteiger partial charge in [0.15, 0.2) is 5.58 Å². The SMILES string of the molecule is CNc1cc(CC(=O)O)c2oc3c(NC)c(NC)ccc3c(=O)c2c1.[H-].[Na+]. The summed E-state index contributed by atoms with van der Waals surface area (Å²) in [5, 5.41) is 19.0. The standard InChI is InChI=1S/C18H19N3O4.Na.H/c1-19-10-6-9(7-14(22)23)17-12(8-10)16(24)11-4-5-13(20-2)15(21-3)18(11)25-17;;/h4-6,8,19-21H,7H2,1-3H3,(H,22,23);;/q;+1;-1. The van der Waals surface area contributed by atoms with Gasteiger partial charge in [-0.25, -0.2) is 0 Å². The van der Waals surface area contributed by atoms with Gasteiger partial charge in [0.1, 0.15) is 11.3 Å². The fourth-order valence-electron chi connectivity index (χ4n) is 2.99. The van der Waals surface area contributed by atoms with Gasteiger partial charge < -0.3 is 26.9 Å². The van der Waals surface area contributed by atoms with Crippen LogP contribution in [-0.4, -0.2) is 32.2 Å². The van der Waals surface area contributed by atoms with Gasteiger partial charge in [-0.3, -0.25) is 9.59 Å². The Bertz CT molecular complexity index is 1050. The van der Waals surface area contributed by atoms with Crippen molar-refractivity contribution in [3.05, 3.63) is 40.1 Å². The van der Waals surface area contributed by atoms with Crippen LogP contribution in [0.4, 0.5) is 17.1 Å². The van der Waals surface area contributed by atoms with E-state index in [0.29, 0.717) is 38.9 Å². The summed E-state index contributed by atoms with van der Waals surface area (Å²) < 4.78 is 6.03. The molecule has 0 saturated heterocycles. The normalized spacial score (nSPS) is 10.4. The first-order valence-electron chi connectivity index (χ1n) is 7.81. The summed E-state index contributed by atoms with van der Waals surface area (Å²) in [6.45, 7) is 0. The smallest absolute Gasteiger partial charge is 1.00 e. The minimum atomic E-state index is -0.991. The van der Waals surface area contributed by atoms with Gasteiger partial charge in [-0.1, -0.05) is 0 Å². The number of aliphatic carboxylic acids is 1.